The van der Waals surface area contributed by atoms with Gasteiger partial charge in [0.05, 0.1) is 28.5 Å². The number of nitrogens with one attached hydrogen (secondary N) is 1. The number of amides is 1. The molecule has 0 fully saturated rings. The van der Waals surface area contributed by atoms with Crippen LogP contribution in [0.4, 0.5) is 4.39 Å². The number of carbonyl (C=O) groups excluding carboxylic acids is 1. The maximum atomic E-state index is 13.8. The third-order valence-corrected chi connectivity index (χ3v) is 6.99. The molecule has 0 saturated carbocycles. The largest absolute Gasteiger partial charge is 0.349 e. The van der Waals surface area contributed by atoms with Crippen molar-refractivity contribution in [1.82, 2.24) is 24.6 Å². The SMILES string of the molecule is Cn1nccc1-c1cc2cc(F)ccc2n1CC(=O)NCc1ccc(-c2ccc(S(N)(=O)=O)cc2)cn1. The van der Waals surface area contributed by atoms with Crippen LogP contribution in [0.1, 0.15) is 5.69 Å². The predicted molar refractivity (Wildman–Crippen MR) is 137 cm³/mol. The highest BCUT2D eigenvalue weighted by Gasteiger charge is 2.16. The number of aromatic nitrogens is 4. The molecule has 3 aromatic heterocycles. The molecular formula is C26H23FN6O3S. The molecule has 0 atom stereocenters. The molecule has 9 nitrogen and oxygen atoms in total. The third kappa shape index (κ3) is 5.13. The number of pyridine rings is 1. The second-order valence-corrected chi connectivity index (χ2v) is 10.1. The predicted octanol–water partition coefficient (Wildman–Crippen LogP) is 3.21. The minimum absolute atomic E-state index is 0.0319. The standard InChI is InChI=1S/C26H23FN6O3S/c1-32-24(10-11-31-32)25-13-19-12-20(27)5-9-23(19)33(25)16-26(34)30-15-21-6-2-18(14-29-21)17-3-7-22(8-4-17)37(28,35)36/h2-14H,15-16H2,1H3,(H,30,34)(H2,28,35,36). The molecule has 5 rings (SSSR count). The van der Waals surface area contributed by atoms with Gasteiger partial charge in [-0.3, -0.25) is 14.5 Å². The zero-order valence-corrected chi connectivity index (χ0v) is 20.6. The Hall–Kier alpha value is -4.35. The van der Waals surface area contributed by atoms with Gasteiger partial charge in [-0.1, -0.05) is 18.2 Å². The number of hydrogen-bond donors (Lipinski definition) is 2. The zero-order chi connectivity index (χ0) is 26.2. The molecule has 0 aliphatic carbocycles. The summed E-state index contributed by atoms with van der Waals surface area (Å²) >= 11 is 0. The number of carbonyl (C=O) groups is 1. The summed E-state index contributed by atoms with van der Waals surface area (Å²) < 4.78 is 40.2. The van der Waals surface area contributed by atoms with Crippen molar-refractivity contribution in [2.75, 3.05) is 0 Å². The van der Waals surface area contributed by atoms with Crippen molar-refractivity contribution in [1.29, 1.82) is 0 Å². The van der Waals surface area contributed by atoms with Gasteiger partial charge in [0.15, 0.2) is 0 Å². The molecule has 2 aromatic carbocycles. The van der Waals surface area contributed by atoms with Gasteiger partial charge in [0.2, 0.25) is 15.9 Å². The lowest BCUT2D eigenvalue weighted by Crippen LogP contribution is -2.27. The summed E-state index contributed by atoms with van der Waals surface area (Å²) in [6.07, 6.45) is 3.32. The van der Waals surface area contributed by atoms with Gasteiger partial charge >= 0.3 is 0 Å². The van der Waals surface area contributed by atoms with Crippen LogP contribution in [0.5, 0.6) is 0 Å². The molecule has 0 radical (unpaired) electrons. The van der Waals surface area contributed by atoms with Crippen molar-refractivity contribution in [3.8, 4) is 22.5 Å². The second-order valence-electron chi connectivity index (χ2n) is 8.54. The fraction of sp³-hybridized carbons (Fsp3) is 0.115. The summed E-state index contributed by atoms with van der Waals surface area (Å²) in [5.74, 6) is -0.574. The maximum Gasteiger partial charge on any atom is 0.240 e. The first-order chi connectivity index (χ1) is 17.7. The molecule has 3 N–H and O–H groups in total. The van der Waals surface area contributed by atoms with Gasteiger partial charge in [-0.05, 0) is 54.1 Å². The number of halogens is 1. The molecule has 1 amide bonds. The highest BCUT2D eigenvalue weighted by Crippen LogP contribution is 2.28. The average molecular weight is 519 g/mol. The van der Waals surface area contributed by atoms with Crippen LogP contribution in [0, 0.1) is 5.82 Å². The van der Waals surface area contributed by atoms with E-state index in [0.717, 1.165) is 28.0 Å². The molecule has 5 aromatic rings. The molecule has 188 valence electrons. The molecular weight excluding hydrogens is 495 g/mol. The van der Waals surface area contributed by atoms with Crippen LogP contribution < -0.4 is 10.5 Å². The minimum atomic E-state index is -3.75. The first kappa shape index (κ1) is 24.3. The Bertz CT molecular complexity index is 1710. The number of nitrogens with zero attached hydrogens (tertiary/aromatic N) is 4. The van der Waals surface area contributed by atoms with E-state index >= 15 is 0 Å². The van der Waals surface area contributed by atoms with Gasteiger partial charge in [-0.15, -0.1) is 0 Å². The summed E-state index contributed by atoms with van der Waals surface area (Å²) in [7, 11) is -1.95. The fourth-order valence-corrected chi connectivity index (χ4v) is 4.69. The first-order valence-corrected chi connectivity index (χ1v) is 12.9. The molecule has 0 bridgehead atoms. The number of primary sulfonamides is 1. The highest BCUT2D eigenvalue weighted by atomic mass is 32.2. The average Bonchev–Trinajstić information content (AvgIpc) is 3.45. The van der Waals surface area contributed by atoms with E-state index in [0.29, 0.717) is 11.1 Å². The van der Waals surface area contributed by atoms with Gasteiger partial charge < -0.3 is 9.88 Å². The van der Waals surface area contributed by atoms with E-state index in [2.05, 4.69) is 15.4 Å². The quantitative estimate of drug-likeness (QED) is 0.342. The Labute approximate surface area is 212 Å². The van der Waals surface area contributed by atoms with E-state index in [4.69, 9.17) is 5.14 Å². The lowest BCUT2D eigenvalue weighted by atomic mass is 10.1. The van der Waals surface area contributed by atoms with Crippen molar-refractivity contribution in [2.24, 2.45) is 12.2 Å². The minimum Gasteiger partial charge on any atom is -0.349 e. The molecule has 0 aliphatic heterocycles. The number of hydrogen-bond acceptors (Lipinski definition) is 5. The van der Waals surface area contributed by atoms with Gasteiger partial charge in [-0.2, -0.15) is 5.10 Å². The molecule has 37 heavy (non-hydrogen) atoms. The van der Waals surface area contributed by atoms with E-state index in [1.54, 1.807) is 41.3 Å². The molecule has 0 aliphatic rings. The van der Waals surface area contributed by atoms with Crippen LogP contribution in [0.25, 0.3) is 33.4 Å². The molecule has 0 spiro atoms. The van der Waals surface area contributed by atoms with Crippen molar-refractivity contribution < 1.29 is 17.6 Å². The van der Waals surface area contributed by atoms with Crippen molar-refractivity contribution in [2.45, 2.75) is 18.0 Å². The Morgan fingerprint density at radius 2 is 1.76 bits per heavy atom. The summed E-state index contributed by atoms with van der Waals surface area (Å²) in [6.45, 7) is 0.252. The van der Waals surface area contributed by atoms with Crippen LogP contribution in [-0.2, 0) is 35.0 Å². The van der Waals surface area contributed by atoms with Crippen molar-refractivity contribution in [3.05, 3.63) is 90.6 Å². The van der Waals surface area contributed by atoms with Gasteiger partial charge in [0, 0.05) is 35.9 Å². The summed E-state index contributed by atoms with van der Waals surface area (Å²) in [6, 6.07) is 18.0. The monoisotopic (exact) mass is 518 g/mol. The molecule has 3 heterocycles. The van der Waals surface area contributed by atoms with Gasteiger partial charge in [-0.25, -0.2) is 17.9 Å². The van der Waals surface area contributed by atoms with E-state index in [1.807, 2.05) is 29.8 Å². The van der Waals surface area contributed by atoms with E-state index in [-0.39, 0.29) is 29.7 Å². The summed E-state index contributed by atoms with van der Waals surface area (Å²) in [5, 5.41) is 12.9. The zero-order valence-electron chi connectivity index (χ0n) is 19.8. The molecule has 11 heteroatoms. The maximum absolute atomic E-state index is 13.8. The Morgan fingerprint density at radius 3 is 2.41 bits per heavy atom. The molecule has 0 saturated heterocycles. The van der Waals surface area contributed by atoms with Gasteiger partial charge in [0.25, 0.3) is 0 Å². The summed E-state index contributed by atoms with van der Waals surface area (Å²) in [4.78, 5) is 17.3. The van der Waals surface area contributed by atoms with Crippen molar-refractivity contribution >= 4 is 26.8 Å². The number of fused-ring (bicyclic) bond motifs is 1. The van der Waals surface area contributed by atoms with Crippen LogP contribution in [-0.4, -0.2) is 33.7 Å². The Kier molecular flexibility index (Phi) is 6.32. The lowest BCUT2D eigenvalue weighted by Gasteiger charge is -2.12. The first-order valence-electron chi connectivity index (χ1n) is 11.3. The van der Waals surface area contributed by atoms with Crippen LogP contribution in [0.2, 0.25) is 0 Å². The number of sulfonamides is 1. The lowest BCUT2D eigenvalue weighted by molar-refractivity contribution is -0.121. The Balaban J connectivity index is 1.30. The third-order valence-electron chi connectivity index (χ3n) is 6.06. The van der Waals surface area contributed by atoms with Crippen LogP contribution in [0.15, 0.2) is 84.0 Å². The number of rotatable bonds is 7. The van der Waals surface area contributed by atoms with E-state index < -0.39 is 10.0 Å². The smallest absolute Gasteiger partial charge is 0.240 e. The molecule has 0 unspecified atom stereocenters. The second kappa shape index (κ2) is 9.60. The number of benzene rings is 2. The van der Waals surface area contributed by atoms with E-state index in [9.17, 15) is 17.6 Å². The van der Waals surface area contributed by atoms with E-state index in [1.165, 1.54) is 24.3 Å². The normalized spacial score (nSPS) is 11.6. The van der Waals surface area contributed by atoms with Gasteiger partial charge in [0.1, 0.15) is 12.4 Å². The Morgan fingerprint density at radius 1 is 1.00 bits per heavy atom. The fourth-order valence-electron chi connectivity index (χ4n) is 4.18. The van der Waals surface area contributed by atoms with Crippen LogP contribution >= 0.6 is 0 Å². The highest BCUT2D eigenvalue weighted by molar-refractivity contribution is 7.89. The van der Waals surface area contributed by atoms with Crippen LogP contribution in [0.3, 0.4) is 0 Å². The number of nitrogens with two attached hydrogens (primary N) is 1. The number of aryl methyl sites for hydroxylation is 1. The summed E-state index contributed by atoms with van der Waals surface area (Å²) in [5.41, 5.74) is 4.54. The van der Waals surface area contributed by atoms with Crippen molar-refractivity contribution in [3.63, 3.8) is 0 Å². The topological polar surface area (TPSA) is 125 Å².